The van der Waals surface area contributed by atoms with Crippen molar-refractivity contribution in [1.82, 2.24) is 0 Å². The Labute approximate surface area is 113 Å². The van der Waals surface area contributed by atoms with E-state index in [-0.39, 0.29) is 0 Å². The van der Waals surface area contributed by atoms with Gasteiger partial charge in [-0.1, -0.05) is 78.8 Å². The maximum Gasteiger partial charge on any atom is 0.0878 e. The van der Waals surface area contributed by atoms with Crippen molar-refractivity contribution in [2.75, 3.05) is 0 Å². The summed E-state index contributed by atoms with van der Waals surface area (Å²) >= 11 is 14.1. The first-order chi connectivity index (χ1) is 5.65. The molecule has 1 aromatic carbocycles. The highest BCUT2D eigenvalue weighted by molar-refractivity contribution is 14.2. The van der Waals surface area contributed by atoms with Crippen LogP contribution in [0.4, 0.5) is 0 Å². The summed E-state index contributed by atoms with van der Waals surface area (Å²) in [5.41, 5.74) is 2.62. The Morgan fingerprint density at radius 3 is 2.58 bits per heavy atom. The Bertz CT molecular complexity index is 276. The largest absolute Gasteiger partial charge is 0.0878 e. The molecule has 0 saturated heterocycles. The van der Waals surface area contributed by atoms with Gasteiger partial charge in [-0.3, -0.25) is 0 Å². The molecule has 12 heavy (non-hydrogen) atoms. The normalized spacial score (nSPS) is 10.8. The van der Waals surface area contributed by atoms with Crippen LogP contribution in [0.1, 0.15) is 13.1 Å². The molecule has 4 heteroatoms. The Hall–Kier alpha value is 1.45. The number of halogens is 4. The lowest BCUT2D eigenvalue weighted by Crippen LogP contribution is -1.88. The highest BCUT2D eigenvalue weighted by Crippen LogP contribution is 2.35. The highest BCUT2D eigenvalue weighted by Gasteiger charge is 2.08. The van der Waals surface area contributed by atoms with E-state index < -0.39 is 0 Å². The third-order valence-corrected chi connectivity index (χ3v) is 3.67. The van der Waals surface area contributed by atoms with Gasteiger partial charge in [0.05, 0.1) is 1.93 Å². The molecular formula is C8H6BrClI2. The van der Waals surface area contributed by atoms with Gasteiger partial charge in [0.2, 0.25) is 0 Å². The number of hydrogen-bond donors (Lipinski definition) is 0. The standard InChI is InChI=1S/C8H6BrClI2/c9-4-5-1-2-6(10)3-7(5)8(11)12/h1-3,8H,4H2. The van der Waals surface area contributed by atoms with E-state index in [1.165, 1.54) is 11.1 Å². The lowest BCUT2D eigenvalue weighted by atomic mass is 10.1. The van der Waals surface area contributed by atoms with E-state index in [4.69, 9.17) is 11.6 Å². The molecule has 1 aromatic rings. The molecule has 0 bridgehead atoms. The molecule has 0 aromatic heterocycles. The molecule has 0 spiro atoms. The van der Waals surface area contributed by atoms with Crippen LogP contribution in [0.5, 0.6) is 0 Å². The molecule has 0 aliphatic carbocycles. The number of benzene rings is 1. The van der Waals surface area contributed by atoms with Crippen LogP contribution in [0.2, 0.25) is 5.02 Å². The van der Waals surface area contributed by atoms with Crippen molar-refractivity contribution in [1.29, 1.82) is 0 Å². The maximum absolute atomic E-state index is 5.90. The summed E-state index contributed by atoms with van der Waals surface area (Å²) in [7, 11) is 0. The predicted molar refractivity (Wildman–Crippen MR) is 74.9 cm³/mol. The Morgan fingerprint density at radius 2 is 2.08 bits per heavy atom. The summed E-state index contributed by atoms with van der Waals surface area (Å²) in [6.07, 6.45) is 0. The molecule has 0 fully saturated rings. The summed E-state index contributed by atoms with van der Waals surface area (Å²) in [6, 6.07) is 6.02. The first-order valence-electron chi connectivity index (χ1n) is 3.27. The van der Waals surface area contributed by atoms with Crippen LogP contribution in [0, 0.1) is 0 Å². The zero-order valence-electron chi connectivity index (χ0n) is 6.03. The van der Waals surface area contributed by atoms with Crippen molar-refractivity contribution in [3.63, 3.8) is 0 Å². The molecule has 66 valence electrons. The van der Waals surface area contributed by atoms with Gasteiger partial charge in [0.1, 0.15) is 0 Å². The lowest BCUT2D eigenvalue weighted by Gasteiger charge is -2.08. The smallest absolute Gasteiger partial charge is 0.0876 e. The van der Waals surface area contributed by atoms with E-state index in [0.717, 1.165) is 10.4 Å². The van der Waals surface area contributed by atoms with Crippen molar-refractivity contribution in [2.45, 2.75) is 7.26 Å². The topological polar surface area (TPSA) is 0 Å². The van der Waals surface area contributed by atoms with Gasteiger partial charge in [0.15, 0.2) is 0 Å². The Morgan fingerprint density at radius 1 is 1.42 bits per heavy atom. The van der Waals surface area contributed by atoms with Crippen LogP contribution in [0.25, 0.3) is 0 Å². The molecule has 0 heterocycles. The predicted octanol–water partition coefficient (Wildman–Crippen LogP) is 5.10. The molecule has 0 saturated carbocycles. The molecule has 0 aliphatic heterocycles. The second-order valence-corrected chi connectivity index (χ2v) is 8.15. The zero-order chi connectivity index (χ0) is 9.14. The van der Waals surface area contributed by atoms with Gasteiger partial charge >= 0.3 is 0 Å². The van der Waals surface area contributed by atoms with E-state index in [1.54, 1.807) is 0 Å². The van der Waals surface area contributed by atoms with Crippen LogP contribution in [-0.4, -0.2) is 0 Å². The van der Waals surface area contributed by atoms with Crippen molar-refractivity contribution < 1.29 is 0 Å². The summed E-state index contributed by atoms with van der Waals surface area (Å²) in [6.45, 7) is 0. The second kappa shape index (κ2) is 5.36. The number of rotatable bonds is 2. The summed E-state index contributed by atoms with van der Waals surface area (Å²) in [5, 5.41) is 1.70. The van der Waals surface area contributed by atoms with Gasteiger partial charge in [-0.25, -0.2) is 0 Å². The van der Waals surface area contributed by atoms with E-state index in [9.17, 15) is 0 Å². The molecule has 0 radical (unpaired) electrons. The van der Waals surface area contributed by atoms with Crippen LogP contribution in [-0.2, 0) is 5.33 Å². The molecule has 0 unspecified atom stereocenters. The van der Waals surface area contributed by atoms with Crippen LogP contribution in [0.15, 0.2) is 18.2 Å². The van der Waals surface area contributed by atoms with Gasteiger partial charge in [0.25, 0.3) is 0 Å². The Balaban J connectivity index is 3.12. The van der Waals surface area contributed by atoms with E-state index in [2.05, 4.69) is 67.2 Å². The first-order valence-corrected chi connectivity index (χ1v) is 7.26. The van der Waals surface area contributed by atoms with Crippen molar-refractivity contribution >= 4 is 72.7 Å². The SMILES string of the molecule is Clc1ccc(CBr)c(C(I)I)c1. The molecule has 1 rings (SSSR count). The van der Waals surface area contributed by atoms with Gasteiger partial charge in [-0.15, -0.1) is 0 Å². The fraction of sp³-hybridized carbons (Fsp3) is 0.250. The number of hydrogen-bond acceptors (Lipinski definition) is 0. The van der Waals surface area contributed by atoms with E-state index in [0.29, 0.717) is 1.93 Å². The first kappa shape index (κ1) is 11.5. The monoisotopic (exact) mass is 470 g/mol. The second-order valence-electron chi connectivity index (χ2n) is 2.28. The van der Waals surface area contributed by atoms with Crippen LogP contribution < -0.4 is 0 Å². The molecule has 0 N–H and O–H groups in total. The quantitative estimate of drug-likeness (QED) is 0.416. The van der Waals surface area contributed by atoms with E-state index in [1.807, 2.05) is 12.1 Å². The summed E-state index contributed by atoms with van der Waals surface area (Å²) < 4.78 is 0.478. The minimum absolute atomic E-state index is 0.478. The molecule has 0 atom stereocenters. The van der Waals surface area contributed by atoms with Crippen LogP contribution >= 0.6 is 72.7 Å². The van der Waals surface area contributed by atoms with Gasteiger partial charge < -0.3 is 0 Å². The Kier molecular flexibility index (Phi) is 5.15. The zero-order valence-corrected chi connectivity index (χ0v) is 12.7. The summed E-state index contributed by atoms with van der Waals surface area (Å²) in [5.74, 6) is 0. The average Bonchev–Trinajstić information content (AvgIpc) is 2.04. The molecule has 0 nitrogen and oxygen atoms in total. The maximum atomic E-state index is 5.90. The van der Waals surface area contributed by atoms with Crippen LogP contribution in [0.3, 0.4) is 0 Å². The van der Waals surface area contributed by atoms with E-state index >= 15 is 0 Å². The van der Waals surface area contributed by atoms with Crippen molar-refractivity contribution in [3.05, 3.63) is 34.3 Å². The van der Waals surface area contributed by atoms with Gasteiger partial charge in [-0.2, -0.15) is 0 Å². The fourth-order valence-corrected chi connectivity index (χ4v) is 2.74. The van der Waals surface area contributed by atoms with Gasteiger partial charge in [0, 0.05) is 10.4 Å². The average molecular weight is 471 g/mol. The third-order valence-electron chi connectivity index (χ3n) is 1.49. The van der Waals surface area contributed by atoms with Gasteiger partial charge in [-0.05, 0) is 23.3 Å². The lowest BCUT2D eigenvalue weighted by molar-refractivity contribution is 1.32. The van der Waals surface area contributed by atoms with Crippen molar-refractivity contribution in [2.24, 2.45) is 0 Å². The summed E-state index contributed by atoms with van der Waals surface area (Å²) in [4.78, 5) is 0. The van der Waals surface area contributed by atoms with Crippen molar-refractivity contribution in [3.8, 4) is 0 Å². The minimum atomic E-state index is 0.478. The minimum Gasteiger partial charge on any atom is -0.0876 e. The fourth-order valence-electron chi connectivity index (χ4n) is 0.891. The number of alkyl halides is 3. The molecule has 0 aliphatic rings. The third kappa shape index (κ3) is 2.99. The molecule has 0 amide bonds. The molecular weight excluding hydrogens is 465 g/mol. The highest BCUT2D eigenvalue weighted by atomic mass is 127.